The molecular formula is C19H33IN4S. The van der Waals surface area contributed by atoms with Crippen LogP contribution in [-0.2, 0) is 6.54 Å². The second kappa shape index (κ2) is 11.9. The van der Waals surface area contributed by atoms with E-state index >= 15 is 0 Å². The summed E-state index contributed by atoms with van der Waals surface area (Å²) in [7, 11) is 0. The van der Waals surface area contributed by atoms with Gasteiger partial charge >= 0.3 is 0 Å². The number of nitrogens with one attached hydrogen (secondary N) is 2. The number of aliphatic imine (C=N–C) groups is 1. The van der Waals surface area contributed by atoms with Gasteiger partial charge in [-0.3, -0.25) is 0 Å². The Labute approximate surface area is 174 Å². The number of thioether (sulfide) groups is 1. The smallest absolute Gasteiger partial charge is 0.191 e. The zero-order valence-corrected chi connectivity index (χ0v) is 19.1. The lowest BCUT2D eigenvalue weighted by Crippen LogP contribution is -2.44. The molecule has 2 rings (SSSR count). The summed E-state index contributed by atoms with van der Waals surface area (Å²) in [5, 5.41) is 6.81. The summed E-state index contributed by atoms with van der Waals surface area (Å²) < 4.78 is 0. The number of guanidine groups is 1. The van der Waals surface area contributed by atoms with Crippen molar-refractivity contribution in [2.24, 2.45) is 10.9 Å². The third-order valence-electron chi connectivity index (χ3n) is 4.44. The van der Waals surface area contributed by atoms with Crippen LogP contribution < -0.4 is 15.5 Å². The Kier molecular flexibility index (Phi) is 10.7. The zero-order chi connectivity index (χ0) is 17.4. The molecule has 1 atom stereocenters. The number of hydrogen-bond donors (Lipinski definition) is 2. The van der Waals surface area contributed by atoms with E-state index in [4.69, 9.17) is 4.99 Å². The molecule has 0 spiro atoms. The van der Waals surface area contributed by atoms with Crippen molar-refractivity contribution in [3.63, 3.8) is 0 Å². The van der Waals surface area contributed by atoms with Crippen LogP contribution in [0.2, 0.25) is 0 Å². The lowest BCUT2D eigenvalue weighted by molar-refractivity contribution is 0.481. The molecule has 0 bridgehead atoms. The molecule has 0 saturated carbocycles. The molecule has 0 aromatic heterocycles. The molecule has 1 aliphatic heterocycles. The SMILES string of the molecule is CCNC(=NCc1ccc(N2CCSCC2)cc1)NC(C)C(C)C.I. The Morgan fingerprint density at radius 3 is 2.36 bits per heavy atom. The van der Waals surface area contributed by atoms with E-state index in [-0.39, 0.29) is 24.0 Å². The third-order valence-corrected chi connectivity index (χ3v) is 5.38. The zero-order valence-electron chi connectivity index (χ0n) is 15.9. The Bertz CT molecular complexity index is 513. The second-order valence-corrected chi connectivity index (χ2v) is 7.86. The Hall–Kier alpha value is -0.630. The summed E-state index contributed by atoms with van der Waals surface area (Å²) in [6.45, 7) is 12.6. The summed E-state index contributed by atoms with van der Waals surface area (Å²) in [6, 6.07) is 9.28. The molecule has 0 amide bonds. The number of hydrogen-bond acceptors (Lipinski definition) is 3. The molecule has 1 aromatic carbocycles. The van der Waals surface area contributed by atoms with Crippen LogP contribution in [0.5, 0.6) is 0 Å². The number of anilines is 1. The maximum atomic E-state index is 4.73. The van der Waals surface area contributed by atoms with Crippen molar-refractivity contribution < 1.29 is 0 Å². The highest BCUT2D eigenvalue weighted by Gasteiger charge is 2.11. The molecule has 1 fully saturated rings. The average Bonchev–Trinajstić information content (AvgIpc) is 2.61. The maximum Gasteiger partial charge on any atom is 0.191 e. The van der Waals surface area contributed by atoms with E-state index in [1.54, 1.807) is 0 Å². The van der Waals surface area contributed by atoms with Crippen LogP contribution in [0.25, 0.3) is 0 Å². The van der Waals surface area contributed by atoms with Gasteiger partial charge < -0.3 is 15.5 Å². The highest BCUT2D eigenvalue weighted by molar-refractivity contribution is 14.0. The van der Waals surface area contributed by atoms with Crippen molar-refractivity contribution in [1.29, 1.82) is 0 Å². The Balaban J connectivity index is 0.00000312. The number of benzene rings is 1. The van der Waals surface area contributed by atoms with E-state index in [0.29, 0.717) is 18.5 Å². The molecule has 4 nitrogen and oxygen atoms in total. The minimum absolute atomic E-state index is 0. The van der Waals surface area contributed by atoms with Crippen molar-refractivity contribution in [1.82, 2.24) is 10.6 Å². The van der Waals surface area contributed by atoms with Gasteiger partial charge in [-0.05, 0) is 37.5 Å². The molecule has 1 heterocycles. The lowest BCUT2D eigenvalue weighted by atomic mass is 10.1. The van der Waals surface area contributed by atoms with Gasteiger partial charge in [0, 0.05) is 42.9 Å². The van der Waals surface area contributed by atoms with E-state index in [1.165, 1.54) is 22.8 Å². The molecular weight excluding hydrogens is 443 g/mol. The first-order chi connectivity index (χ1) is 11.6. The molecule has 6 heteroatoms. The molecule has 1 unspecified atom stereocenters. The topological polar surface area (TPSA) is 39.7 Å². The van der Waals surface area contributed by atoms with Crippen molar-refractivity contribution in [2.75, 3.05) is 36.0 Å². The quantitative estimate of drug-likeness (QED) is 0.371. The Morgan fingerprint density at radius 2 is 1.80 bits per heavy atom. The molecule has 0 aliphatic carbocycles. The monoisotopic (exact) mass is 476 g/mol. The van der Waals surface area contributed by atoms with Gasteiger partial charge in [-0.2, -0.15) is 11.8 Å². The van der Waals surface area contributed by atoms with Crippen molar-refractivity contribution >= 4 is 47.4 Å². The fourth-order valence-corrected chi connectivity index (χ4v) is 3.41. The maximum absolute atomic E-state index is 4.73. The molecule has 25 heavy (non-hydrogen) atoms. The molecule has 1 aliphatic rings. The summed E-state index contributed by atoms with van der Waals surface area (Å²) >= 11 is 2.05. The minimum atomic E-state index is 0. The normalized spacial score (nSPS) is 16.4. The predicted molar refractivity (Wildman–Crippen MR) is 124 cm³/mol. The summed E-state index contributed by atoms with van der Waals surface area (Å²) in [5.74, 6) is 3.95. The fraction of sp³-hybridized carbons (Fsp3) is 0.632. The second-order valence-electron chi connectivity index (χ2n) is 6.64. The molecule has 142 valence electrons. The Morgan fingerprint density at radius 1 is 1.16 bits per heavy atom. The van der Waals surface area contributed by atoms with Gasteiger partial charge in [0.05, 0.1) is 6.54 Å². The van der Waals surface area contributed by atoms with Gasteiger partial charge in [-0.15, -0.1) is 24.0 Å². The number of halogens is 1. The van der Waals surface area contributed by atoms with Crippen molar-refractivity contribution in [3.8, 4) is 0 Å². The van der Waals surface area contributed by atoms with E-state index in [2.05, 4.69) is 67.5 Å². The molecule has 0 radical (unpaired) electrons. The van der Waals surface area contributed by atoms with Crippen LogP contribution >= 0.6 is 35.7 Å². The molecule has 2 N–H and O–H groups in total. The van der Waals surface area contributed by atoms with Crippen LogP contribution in [0.15, 0.2) is 29.3 Å². The minimum Gasteiger partial charge on any atom is -0.370 e. The van der Waals surface area contributed by atoms with Crippen molar-refractivity contribution in [3.05, 3.63) is 29.8 Å². The number of rotatable bonds is 6. The average molecular weight is 476 g/mol. The fourth-order valence-electron chi connectivity index (χ4n) is 2.51. The summed E-state index contributed by atoms with van der Waals surface area (Å²) in [4.78, 5) is 7.20. The van der Waals surface area contributed by atoms with Gasteiger partial charge in [0.1, 0.15) is 0 Å². The van der Waals surface area contributed by atoms with Gasteiger partial charge in [0.25, 0.3) is 0 Å². The van der Waals surface area contributed by atoms with Gasteiger partial charge in [0.15, 0.2) is 5.96 Å². The first-order valence-electron chi connectivity index (χ1n) is 9.06. The van der Waals surface area contributed by atoms with Crippen LogP contribution in [0.4, 0.5) is 5.69 Å². The molecule has 1 saturated heterocycles. The highest BCUT2D eigenvalue weighted by Crippen LogP contribution is 2.20. The van der Waals surface area contributed by atoms with E-state index in [0.717, 1.165) is 25.6 Å². The van der Waals surface area contributed by atoms with Gasteiger partial charge in [-0.25, -0.2) is 4.99 Å². The van der Waals surface area contributed by atoms with E-state index < -0.39 is 0 Å². The third kappa shape index (κ3) is 7.64. The van der Waals surface area contributed by atoms with Crippen LogP contribution in [0.3, 0.4) is 0 Å². The lowest BCUT2D eigenvalue weighted by Gasteiger charge is -2.28. The first-order valence-corrected chi connectivity index (χ1v) is 10.2. The standard InChI is InChI=1S/C19H32N4S.HI/c1-5-20-19(22-16(4)15(2)3)21-14-17-6-8-18(9-7-17)23-10-12-24-13-11-23;/h6-9,15-16H,5,10-14H2,1-4H3,(H2,20,21,22);1H. The van der Waals surface area contributed by atoms with Crippen LogP contribution in [0, 0.1) is 5.92 Å². The van der Waals surface area contributed by atoms with Crippen molar-refractivity contribution in [2.45, 2.75) is 40.3 Å². The predicted octanol–water partition coefficient (Wildman–Crippen LogP) is 3.96. The van der Waals surface area contributed by atoms with Crippen LogP contribution in [-0.4, -0.2) is 43.1 Å². The van der Waals surface area contributed by atoms with E-state index in [9.17, 15) is 0 Å². The molecule has 1 aromatic rings. The van der Waals surface area contributed by atoms with Crippen LogP contribution in [0.1, 0.15) is 33.3 Å². The number of nitrogens with zero attached hydrogens (tertiary/aromatic N) is 2. The summed E-state index contributed by atoms with van der Waals surface area (Å²) in [5.41, 5.74) is 2.58. The van der Waals surface area contributed by atoms with E-state index in [1.807, 2.05) is 11.8 Å². The van der Waals surface area contributed by atoms with Gasteiger partial charge in [-0.1, -0.05) is 26.0 Å². The largest absolute Gasteiger partial charge is 0.370 e. The summed E-state index contributed by atoms with van der Waals surface area (Å²) in [6.07, 6.45) is 0. The first kappa shape index (κ1) is 22.4. The highest BCUT2D eigenvalue weighted by atomic mass is 127. The van der Waals surface area contributed by atoms with Gasteiger partial charge in [0.2, 0.25) is 0 Å².